The van der Waals surface area contributed by atoms with Gasteiger partial charge in [-0.15, -0.1) is 0 Å². The molecule has 2 aromatic heterocycles. The van der Waals surface area contributed by atoms with Crippen molar-refractivity contribution < 1.29 is 4.57 Å². The predicted molar refractivity (Wildman–Crippen MR) is 194 cm³/mol. The Balaban J connectivity index is 1.42. The number of nitrogens with zero attached hydrogens (tertiary/aromatic N) is 2. The minimum Gasteiger partial charge on any atom is -0.307 e. The molecule has 0 amide bonds. The zero-order valence-electron chi connectivity index (χ0n) is 24.8. The van der Waals surface area contributed by atoms with Crippen LogP contribution in [0.25, 0.3) is 65.4 Å². The van der Waals surface area contributed by atoms with Crippen LogP contribution in [0.1, 0.15) is 0 Å². The van der Waals surface area contributed by atoms with Gasteiger partial charge in [0.15, 0.2) is 7.14 Å². The SMILES string of the molecule is O=P(c1ccccc1)(c1ccccc1)c1cccc(-c2nc3c4ccccc4c4ccccc4c3c3c2ccc2ccccc23)n1. The Kier molecular flexibility index (Phi) is 6.09. The van der Waals surface area contributed by atoms with E-state index < -0.39 is 7.14 Å². The molecule has 0 aliphatic heterocycles. The van der Waals surface area contributed by atoms with Crippen molar-refractivity contribution in [1.29, 1.82) is 0 Å². The van der Waals surface area contributed by atoms with E-state index in [9.17, 15) is 0 Å². The van der Waals surface area contributed by atoms with Crippen LogP contribution in [0.15, 0.2) is 164 Å². The van der Waals surface area contributed by atoms with Crippen molar-refractivity contribution in [2.75, 3.05) is 0 Å². The molecule has 0 spiro atoms. The highest BCUT2D eigenvalue weighted by molar-refractivity contribution is 7.85. The van der Waals surface area contributed by atoms with Crippen molar-refractivity contribution in [2.45, 2.75) is 0 Å². The van der Waals surface area contributed by atoms with Crippen molar-refractivity contribution in [3.63, 3.8) is 0 Å². The molecule has 0 saturated heterocycles. The van der Waals surface area contributed by atoms with Crippen LogP contribution in [0.4, 0.5) is 0 Å². The van der Waals surface area contributed by atoms with Gasteiger partial charge in [0.2, 0.25) is 0 Å². The summed E-state index contributed by atoms with van der Waals surface area (Å²) in [6, 6.07) is 55.3. The zero-order chi connectivity index (χ0) is 30.7. The van der Waals surface area contributed by atoms with Crippen LogP contribution in [-0.2, 0) is 4.57 Å². The smallest absolute Gasteiger partial charge is 0.188 e. The molecule has 7 aromatic carbocycles. The third-order valence-electron chi connectivity index (χ3n) is 9.10. The number of hydrogen-bond donors (Lipinski definition) is 0. The molecule has 0 aliphatic rings. The Morgan fingerprint density at radius 3 is 1.65 bits per heavy atom. The molecule has 216 valence electrons. The van der Waals surface area contributed by atoms with Crippen molar-refractivity contribution in [1.82, 2.24) is 9.97 Å². The summed E-state index contributed by atoms with van der Waals surface area (Å²) < 4.78 is 15.3. The summed E-state index contributed by atoms with van der Waals surface area (Å²) in [6.07, 6.45) is 0. The van der Waals surface area contributed by atoms with Crippen LogP contribution in [0.2, 0.25) is 0 Å². The molecule has 0 fully saturated rings. The van der Waals surface area contributed by atoms with Gasteiger partial charge in [-0.1, -0.05) is 152 Å². The zero-order valence-corrected chi connectivity index (χ0v) is 25.7. The Hall–Kier alpha value is -5.63. The summed E-state index contributed by atoms with van der Waals surface area (Å²) in [5, 5.41) is 11.8. The standard InChI is InChI=1S/C42H27N2OP/c45-46(29-15-3-1-4-16-29,30-17-5-2-6-18-30)38-25-13-24-37(43-38)41-36-27-26-28-14-7-8-19-31(28)39(36)40-34-22-11-9-20-32(34)33-21-10-12-23-35(33)42(40)44-41/h1-27H. The van der Waals surface area contributed by atoms with Crippen molar-refractivity contribution >= 4 is 77.2 Å². The van der Waals surface area contributed by atoms with Crippen molar-refractivity contribution in [3.05, 3.63) is 164 Å². The summed E-state index contributed by atoms with van der Waals surface area (Å²) in [7, 11) is -3.28. The molecule has 2 heterocycles. The van der Waals surface area contributed by atoms with Gasteiger partial charge in [0.05, 0.1) is 16.9 Å². The fourth-order valence-electron chi connectivity index (χ4n) is 7.02. The lowest BCUT2D eigenvalue weighted by Crippen LogP contribution is -2.27. The first-order chi connectivity index (χ1) is 22.7. The molecular formula is C42H27N2OP. The second-order valence-corrected chi connectivity index (χ2v) is 14.4. The predicted octanol–water partition coefficient (Wildman–Crippen LogP) is 9.55. The van der Waals surface area contributed by atoms with E-state index in [1.165, 1.54) is 26.9 Å². The molecular weight excluding hydrogens is 579 g/mol. The summed E-state index contributed by atoms with van der Waals surface area (Å²) in [6.45, 7) is 0. The van der Waals surface area contributed by atoms with Gasteiger partial charge >= 0.3 is 0 Å². The maximum atomic E-state index is 15.3. The summed E-state index contributed by atoms with van der Waals surface area (Å²) in [4.78, 5) is 10.7. The first-order valence-electron chi connectivity index (χ1n) is 15.5. The maximum Gasteiger partial charge on any atom is 0.188 e. The number of benzene rings is 7. The van der Waals surface area contributed by atoms with Crippen molar-refractivity contribution in [2.24, 2.45) is 0 Å². The molecule has 4 heteroatoms. The van der Waals surface area contributed by atoms with Crippen molar-refractivity contribution in [3.8, 4) is 11.4 Å². The summed E-state index contributed by atoms with van der Waals surface area (Å²) in [5.41, 5.74) is 2.96. The van der Waals surface area contributed by atoms with Gasteiger partial charge < -0.3 is 4.57 Å². The van der Waals surface area contributed by atoms with E-state index in [4.69, 9.17) is 9.97 Å². The Bertz CT molecular complexity index is 2620. The average Bonchev–Trinajstić information content (AvgIpc) is 3.14. The number of rotatable bonds is 4. The third kappa shape index (κ3) is 3.96. The number of fused-ring (bicyclic) bond motifs is 10. The van der Waals surface area contributed by atoms with Gasteiger partial charge in [-0.05, 0) is 39.1 Å². The topological polar surface area (TPSA) is 42.9 Å². The van der Waals surface area contributed by atoms with Crippen LogP contribution < -0.4 is 16.0 Å². The lowest BCUT2D eigenvalue weighted by atomic mass is 9.90. The molecule has 3 nitrogen and oxygen atoms in total. The second kappa shape index (κ2) is 10.5. The van der Waals surface area contributed by atoms with Crippen LogP contribution >= 0.6 is 7.14 Å². The van der Waals surface area contributed by atoms with Crippen LogP contribution in [0, 0.1) is 0 Å². The number of hydrogen-bond acceptors (Lipinski definition) is 3. The van der Waals surface area contributed by atoms with Crippen LogP contribution in [0.5, 0.6) is 0 Å². The molecule has 46 heavy (non-hydrogen) atoms. The molecule has 9 rings (SSSR count). The van der Waals surface area contributed by atoms with Crippen LogP contribution in [-0.4, -0.2) is 9.97 Å². The van der Waals surface area contributed by atoms with E-state index >= 15 is 4.57 Å². The van der Waals surface area contributed by atoms with Crippen LogP contribution in [0.3, 0.4) is 0 Å². The summed E-state index contributed by atoms with van der Waals surface area (Å²) in [5.74, 6) is 0. The Morgan fingerprint density at radius 1 is 0.391 bits per heavy atom. The Morgan fingerprint density at radius 2 is 0.957 bits per heavy atom. The molecule has 0 unspecified atom stereocenters. The lowest BCUT2D eigenvalue weighted by molar-refractivity contribution is 0.592. The van der Waals surface area contributed by atoms with E-state index in [2.05, 4.69) is 84.9 Å². The van der Waals surface area contributed by atoms with Gasteiger partial charge in [0.1, 0.15) is 5.44 Å². The first kappa shape index (κ1) is 26.7. The molecule has 0 aliphatic carbocycles. The average molecular weight is 607 g/mol. The highest BCUT2D eigenvalue weighted by Gasteiger charge is 2.31. The minimum absolute atomic E-state index is 0.543. The molecule has 9 aromatic rings. The number of aromatic nitrogens is 2. The number of pyridine rings is 2. The second-order valence-electron chi connectivity index (χ2n) is 11.6. The third-order valence-corrected chi connectivity index (χ3v) is 12.0. The molecule has 0 N–H and O–H groups in total. The van der Waals surface area contributed by atoms with Gasteiger partial charge in [-0.3, -0.25) is 0 Å². The maximum absolute atomic E-state index is 15.3. The van der Waals surface area contributed by atoms with Gasteiger partial charge in [0, 0.05) is 32.2 Å². The molecule has 0 radical (unpaired) electrons. The minimum atomic E-state index is -3.28. The van der Waals surface area contributed by atoms with E-state index in [1.807, 2.05) is 78.9 Å². The van der Waals surface area contributed by atoms with E-state index in [1.54, 1.807) is 0 Å². The van der Waals surface area contributed by atoms with E-state index in [0.717, 1.165) is 43.4 Å². The fourth-order valence-corrected chi connectivity index (χ4v) is 9.57. The highest BCUT2D eigenvalue weighted by atomic mass is 31.2. The van der Waals surface area contributed by atoms with Gasteiger partial charge in [0.25, 0.3) is 0 Å². The largest absolute Gasteiger partial charge is 0.307 e. The molecule has 0 atom stereocenters. The van der Waals surface area contributed by atoms with Gasteiger partial charge in [-0.25, -0.2) is 9.97 Å². The highest BCUT2D eigenvalue weighted by Crippen LogP contribution is 2.45. The monoisotopic (exact) mass is 606 g/mol. The summed E-state index contributed by atoms with van der Waals surface area (Å²) >= 11 is 0. The normalized spacial score (nSPS) is 12.0. The lowest BCUT2D eigenvalue weighted by Gasteiger charge is -2.20. The quantitative estimate of drug-likeness (QED) is 0.148. The molecule has 0 bridgehead atoms. The van der Waals surface area contributed by atoms with Gasteiger partial charge in [-0.2, -0.15) is 0 Å². The Labute approximate surface area is 266 Å². The molecule has 0 saturated carbocycles. The fraction of sp³-hybridized carbons (Fsp3) is 0. The first-order valence-corrected chi connectivity index (χ1v) is 17.2. The van der Waals surface area contributed by atoms with E-state index in [0.29, 0.717) is 11.1 Å². The van der Waals surface area contributed by atoms with E-state index in [-0.39, 0.29) is 0 Å².